The summed E-state index contributed by atoms with van der Waals surface area (Å²) < 4.78 is 1.18. The van der Waals surface area contributed by atoms with Crippen molar-refractivity contribution in [2.75, 3.05) is 6.54 Å². The van der Waals surface area contributed by atoms with Crippen molar-refractivity contribution in [1.82, 2.24) is 0 Å². The Morgan fingerprint density at radius 3 is 1.46 bits per heavy atom. The summed E-state index contributed by atoms with van der Waals surface area (Å²) in [4.78, 5) is 0. The van der Waals surface area contributed by atoms with Crippen LogP contribution in [0.2, 0.25) is 0 Å². The van der Waals surface area contributed by atoms with Crippen LogP contribution >= 0.6 is 0 Å². The Morgan fingerprint density at radius 1 is 0.583 bits per heavy atom. The molecule has 120 valence electrons. The average Bonchev–Trinajstić information content (AvgIpc) is 3.28. The molecule has 24 heavy (non-hydrogen) atoms. The van der Waals surface area contributed by atoms with E-state index in [1.54, 1.807) is 0 Å². The quantitative estimate of drug-likeness (QED) is 0.451. The number of hydrogen-bond donors (Lipinski definition) is 0. The predicted molar refractivity (Wildman–Crippen MR) is 99.4 cm³/mol. The van der Waals surface area contributed by atoms with Gasteiger partial charge in [-0.1, -0.05) is 91.0 Å². The van der Waals surface area contributed by atoms with Gasteiger partial charge in [0.15, 0.2) is 0 Å². The summed E-state index contributed by atoms with van der Waals surface area (Å²) in [5.41, 5.74) is 4.36. The Hall–Kier alpha value is -2.38. The van der Waals surface area contributed by atoms with Crippen molar-refractivity contribution in [3.8, 4) is 0 Å². The average molecular weight is 314 g/mol. The maximum atomic E-state index is 2.27. The minimum Gasteiger partial charge on any atom is -0.304 e. The molecule has 0 aliphatic carbocycles. The summed E-state index contributed by atoms with van der Waals surface area (Å²) in [7, 11) is 0. The van der Waals surface area contributed by atoms with E-state index in [-0.39, 0.29) is 0 Å². The third-order valence-corrected chi connectivity index (χ3v) is 5.21. The maximum absolute atomic E-state index is 2.27. The molecule has 0 radical (unpaired) electrons. The monoisotopic (exact) mass is 314 g/mol. The van der Waals surface area contributed by atoms with Crippen molar-refractivity contribution in [1.29, 1.82) is 0 Å². The molecule has 0 aromatic heterocycles. The second kappa shape index (κ2) is 6.62. The van der Waals surface area contributed by atoms with Gasteiger partial charge in [-0.2, -0.15) is 0 Å². The first-order valence-electron chi connectivity index (χ1n) is 8.82. The van der Waals surface area contributed by atoms with E-state index >= 15 is 0 Å². The van der Waals surface area contributed by atoms with E-state index in [0.29, 0.717) is 0 Å². The fraction of sp³-hybridized carbons (Fsp3) is 0.217. The standard InChI is InChI=1S/C23H24N/c1-4-10-20(11-5-1)16-23-19-24(23,17-21-12-6-2-7-13-21)18-22-14-8-3-9-15-22/h1-15,23H,16-19H2/q+1. The molecule has 1 aliphatic heterocycles. The van der Waals surface area contributed by atoms with E-state index in [4.69, 9.17) is 0 Å². The summed E-state index contributed by atoms with van der Waals surface area (Å²) in [5, 5.41) is 0. The van der Waals surface area contributed by atoms with Gasteiger partial charge >= 0.3 is 0 Å². The minimum atomic E-state index is 0.729. The Balaban J connectivity index is 1.54. The van der Waals surface area contributed by atoms with Crippen molar-refractivity contribution in [2.45, 2.75) is 25.6 Å². The van der Waals surface area contributed by atoms with Gasteiger partial charge in [-0.3, -0.25) is 0 Å². The van der Waals surface area contributed by atoms with E-state index < -0.39 is 0 Å². The molecule has 1 atom stereocenters. The van der Waals surface area contributed by atoms with E-state index in [1.807, 2.05) is 0 Å². The summed E-state index contributed by atoms with van der Waals surface area (Å²) in [6.45, 7) is 3.54. The first kappa shape index (κ1) is 15.2. The summed E-state index contributed by atoms with van der Waals surface area (Å²) in [6.07, 6.45) is 1.18. The van der Waals surface area contributed by atoms with Crippen LogP contribution in [-0.4, -0.2) is 17.1 Å². The van der Waals surface area contributed by atoms with Crippen LogP contribution in [0.3, 0.4) is 0 Å². The summed E-state index contributed by atoms with van der Waals surface area (Å²) in [6, 6.07) is 33.6. The molecule has 0 saturated carbocycles. The van der Waals surface area contributed by atoms with Crippen LogP contribution in [0, 0.1) is 0 Å². The van der Waals surface area contributed by atoms with Crippen molar-refractivity contribution < 1.29 is 4.48 Å². The highest BCUT2D eigenvalue weighted by Gasteiger charge is 2.54. The van der Waals surface area contributed by atoms with Gasteiger partial charge < -0.3 is 4.48 Å². The molecule has 0 N–H and O–H groups in total. The predicted octanol–water partition coefficient (Wildman–Crippen LogP) is 4.83. The summed E-state index contributed by atoms with van der Waals surface area (Å²) >= 11 is 0. The molecule has 0 amide bonds. The van der Waals surface area contributed by atoms with Crippen molar-refractivity contribution in [2.24, 2.45) is 0 Å². The molecule has 1 saturated heterocycles. The van der Waals surface area contributed by atoms with Gasteiger partial charge in [0.05, 0.1) is 0 Å². The SMILES string of the molecule is c1ccc(CC2C[N+]2(Cc2ccccc2)Cc2ccccc2)cc1. The Bertz CT molecular complexity index is 723. The van der Waals surface area contributed by atoms with E-state index in [1.165, 1.54) is 34.1 Å². The number of hydrogen-bond acceptors (Lipinski definition) is 0. The van der Waals surface area contributed by atoms with Gasteiger partial charge in [0.2, 0.25) is 0 Å². The molecule has 1 heteroatoms. The highest BCUT2D eigenvalue weighted by molar-refractivity contribution is 5.19. The topological polar surface area (TPSA) is 0 Å². The molecule has 0 spiro atoms. The highest BCUT2D eigenvalue weighted by Crippen LogP contribution is 2.38. The molecule has 1 nitrogen and oxygen atoms in total. The van der Waals surface area contributed by atoms with E-state index in [9.17, 15) is 0 Å². The third kappa shape index (κ3) is 3.42. The van der Waals surface area contributed by atoms with Crippen LogP contribution in [0.1, 0.15) is 16.7 Å². The largest absolute Gasteiger partial charge is 0.304 e. The molecule has 3 aromatic carbocycles. The highest BCUT2D eigenvalue weighted by atomic mass is 15.5. The molecule has 4 rings (SSSR count). The zero-order chi connectivity index (χ0) is 16.2. The van der Waals surface area contributed by atoms with E-state index in [2.05, 4.69) is 91.0 Å². The summed E-state index contributed by atoms with van der Waals surface area (Å²) in [5.74, 6) is 0. The smallest absolute Gasteiger partial charge is 0.143 e. The molecule has 1 aliphatic rings. The van der Waals surface area contributed by atoms with E-state index in [0.717, 1.165) is 19.1 Å². The second-order valence-electron chi connectivity index (χ2n) is 7.03. The lowest BCUT2D eigenvalue weighted by atomic mass is 10.1. The molecule has 1 fully saturated rings. The zero-order valence-electron chi connectivity index (χ0n) is 14.0. The van der Waals surface area contributed by atoms with Crippen LogP contribution in [-0.2, 0) is 19.5 Å². The van der Waals surface area contributed by atoms with Crippen LogP contribution in [0.4, 0.5) is 0 Å². The normalized spacial score (nSPS) is 18.2. The first-order chi connectivity index (χ1) is 11.8. The number of rotatable bonds is 6. The maximum Gasteiger partial charge on any atom is 0.143 e. The Morgan fingerprint density at radius 2 is 1.00 bits per heavy atom. The van der Waals surface area contributed by atoms with Gasteiger partial charge in [-0.05, 0) is 5.56 Å². The molecular weight excluding hydrogens is 290 g/mol. The van der Waals surface area contributed by atoms with Gasteiger partial charge in [0.25, 0.3) is 0 Å². The minimum absolute atomic E-state index is 0.729. The number of benzene rings is 3. The Labute approximate surface area is 144 Å². The van der Waals surface area contributed by atoms with Crippen LogP contribution in [0.15, 0.2) is 91.0 Å². The van der Waals surface area contributed by atoms with Crippen molar-refractivity contribution >= 4 is 0 Å². The molecule has 1 heterocycles. The third-order valence-electron chi connectivity index (χ3n) is 5.21. The zero-order valence-corrected chi connectivity index (χ0v) is 14.0. The van der Waals surface area contributed by atoms with Crippen LogP contribution in [0.25, 0.3) is 0 Å². The number of nitrogens with zero attached hydrogens (tertiary/aromatic N) is 1. The van der Waals surface area contributed by atoms with Crippen molar-refractivity contribution in [3.05, 3.63) is 108 Å². The van der Waals surface area contributed by atoms with Crippen LogP contribution < -0.4 is 0 Å². The molecule has 3 aromatic rings. The lowest BCUT2D eigenvalue weighted by molar-refractivity contribution is -0.842. The van der Waals surface area contributed by atoms with Gasteiger partial charge in [-0.25, -0.2) is 0 Å². The van der Waals surface area contributed by atoms with Gasteiger partial charge in [-0.15, -0.1) is 0 Å². The Kier molecular flexibility index (Phi) is 4.18. The lowest BCUT2D eigenvalue weighted by Gasteiger charge is -2.21. The van der Waals surface area contributed by atoms with Crippen LogP contribution in [0.5, 0.6) is 0 Å². The first-order valence-corrected chi connectivity index (χ1v) is 8.82. The fourth-order valence-electron chi connectivity index (χ4n) is 3.85. The molecule has 0 bridgehead atoms. The lowest BCUT2D eigenvalue weighted by Crippen LogP contribution is -2.28. The fourth-order valence-corrected chi connectivity index (χ4v) is 3.85. The van der Waals surface area contributed by atoms with Gasteiger partial charge in [0.1, 0.15) is 25.7 Å². The number of quaternary nitrogens is 1. The van der Waals surface area contributed by atoms with Crippen molar-refractivity contribution in [3.63, 3.8) is 0 Å². The van der Waals surface area contributed by atoms with Gasteiger partial charge in [0, 0.05) is 17.5 Å². The molecule has 1 unspecified atom stereocenters. The molecular formula is C23H24N+. The second-order valence-corrected chi connectivity index (χ2v) is 7.03.